The molecule has 0 aliphatic carbocycles. The molecule has 3 heterocycles. The summed E-state index contributed by atoms with van der Waals surface area (Å²) in [5.41, 5.74) is 0.886. The van der Waals surface area contributed by atoms with Gasteiger partial charge in [0.15, 0.2) is 0 Å². The zero-order chi connectivity index (χ0) is 15.7. The van der Waals surface area contributed by atoms with Gasteiger partial charge in [0.1, 0.15) is 10.3 Å². The van der Waals surface area contributed by atoms with Crippen molar-refractivity contribution in [2.45, 2.75) is 19.3 Å². The summed E-state index contributed by atoms with van der Waals surface area (Å²) in [5.74, 6) is 0. The van der Waals surface area contributed by atoms with E-state index in [4.69, 9.17) is 23.2 Å². The Morgan fingerprint density at radius 3 is 2.41 bits per heavy atom. The van der Waals surface area contributed by atoms with Crippen molar-refractivity contribution in [3.05, 3.63) is 22.4 Å². The third kappa shape index (κ3) is 3.47. The maximum atomic E-state index is 12.4. The molecular weight excluding hydrogens is 323 g/mol. The molecule has 2 amide bonds. The number of likely N-dealkylation sites (tertiary alicyclic amines) is 2. The van der Waals surface area contributed by atoms with Crippen LogP contribution in [0.2, 0.25) is 10.3 Å². The lowest BCUT2D eigenvalue weighted by atomic mass is 9.78. The predicted molar refractivity (Wildman–Crippen MR) is 88.6 cm³/mol. The topological polar surface area (TPSA) is 48.5 Å². The summed E-state index contributed by atoms with van der Waals surface area (Å²) < 4.78 is 0. The van der Waals surface area contributed by atoms with Crippen LogP contribution in [0.25, 0.3) is 0 Å². The van der Waals surface area contributed by atoms with Gasteiger partial charge in [0.2, 0.25) is 0 Å². The molecule has 1 spiro atoms. The third-order valence-electron chi connectivity index (χ3n) is 4.79. The number of aromatic nitrogens is 1. The number of pyridine rings is 1. The lowest BCUT2D eigenvalue weighted by molar-refractivity contribution is 0.129. The zero-order valence-electron chi connectivity index (χ0n) is 12.6. The van der Waals surface area contributed by atoms with Gasteiger partial charge in [0.05, 0.1) is 0 Å². The highest BCUT2D eigenvalue weighted by molar-refractivity contribution is 6.32. The monoisotopic (exact) mass is 342 g/mol. The zero-order valence-corrected chi connectivity index (χ0v) is 14.1. The van der Waals surface area contributed by atoms with E-state index in [9.17, 15) is 4.79 Å². The van der Waals surface area contributed by atoms with Gasteiger partial charge in [-0.05, 0) is 56.9 Å². The van der Waals surface area contributed by atoms with Crippen molar-refractivity contribution in [3.8, 4) is 0 Å². The quantitative estimate of drug-likeness (QED) is 0.796. The lowest BCUT2D eigenvalue weighted by Gasteiger charge is -2.37. The molecular formula is C15H20Cl2N4O. The Hall–Kier alpha value is -1.04. The number of hydrogen-bond acceptors (Lipinski definition) is 3. The molecule has 2 aliphatic rings. The van der Waals surface area contributed by atoms with Crippen LogP contribution < -0.4 is 5.32 Å². The highest BCUT2D eigenvalue weighted by atomic mass is 35.5. The summed E-state index contributed by atoms with van der Waals surface area (Å²) in [6.07, 6.45) is 3.42. The fourth-order valence-corrected chi connectivity index (χ4v) is 3.81. The van der Waals surface area contributed by atoms with E-state index in [0.29, 0.717) is 11.1 Å². The normalized spacial score (nSPS) is 21.3. The van der Waals surface area contributed by atoms with Crippen molar-refractivity contribution in [1.29, 1.82) is 0 Å². The van der Waals surface area contributed by atoms with Crippen LogP contribution in [-0.2, 0) is 0 Å². The minimum atomic E-state index is -0.0888. The maximum absolute atomic E-state index is 12.4. The third-order valence-corrected chi connectivity index (χ3v) is 5.17. The number of anilines is 1. The molecule has 0 radical (unpaired) electrons. The van der Waals surface area contributed by atoms with Gasteiger partial charge in [-0.2, -0.15) is 0 Å². The number of hydrogen-bond donors (Lipinski definition) is 1. The fourth-order valence-electron chi connectivity index (χ4n) is 3.35. The molecule has 7 heteroatoms. The molecule has 0 saturated carbocycles. The highest BCUT2D eigenvalue weighted by Crippen LogP contribution is 2.40. The first kappa shape index (κ1) is 15.8. The van der Waals surface area contributed by atoms with E-state index < -0.39 is 0 Å². The van der Waals surface area contributed by atoms with Gasteiger partial charge >= 0.3 is 6.03 Å². The van der Waals surface area contributed by atoms with Crippen LogP contribution in [-0.4, -0.2) is 54.0 Å². The van der Waals surface area contributed by atoms with Gasteiger partial charge in [-0.3, -0.25) is 0 Å². The highest BCUT2D eigenvalue weighted by Gasteiger charge is 2.41. The molecule has 1 N–H and O–H groups in total. The number of rotatable bonds is 1. The Bertz CT molecular complexity index is 552. The molecule has 2 saturated heterocycles. The number of piperidine rings is 1. The van der Waals surface area contributed by atoms with Gasteiger partial charge in [-0.1, -0.05) is 23.2 Å². The van der Waals surface area contributed by atoms with Gasteiger partial charge < -0.3 is 15.1 Å². The first-order valence-electron chi connectivity index (χ1n) is 7.53. The van der Waals surface area contributed by atoms with E-state index >= 15 is 0 Å². The van der Waals surface area contributed by atoms with Crippen LogP contribution in [0.4, 0.5) is 10.5 Å². The van der Waals surface area contributed by atoms with Crippen LogP contribution in [0.5, 0.6) is 0 Å². The van der Waals surface area contributed by atoms with Crippen molar-refractivity contribution >= 4 is 34.9 Å². The van der Waals surface area contributed by atoms with Crippen molar-refractivity contribution in [2.24, 2.45) is 5.41 Å². The first-order valence-corrected chi connectivity index (χ1v) is 8.29. The molecule has 0 atom stereocenters. The van der Waals surface area contributed by atoms with Crippen molar-refractivity contribution < 1.29 is 4.79 Å². The summed E-state index contributed by atoms with van der Waals surface area (Å²) in [7, 11) is 2.16. The molecule has 0 aromatic carbocycles. The average Bonchev–Trinajstić information content (AvgIpc) is 2.86. The van der Waals surface area contributed by atoms with Crippen LogP contribution in [0.3, 0.4) is 0 Å². The molecule has 5 nitrogen and oxygen atoms in total. The maximum Gasteiger partial charge on any atom is 0.321 e. The number of carbonyl (C=O) groups is 1. The second-order valence-electron chi connectivity index (χ2n) is 6.41. The van der Waals surface area contributed by atoms with Gasteiger partial charge in [0.25, 0.3) is 0 Å². The number of halogens is 2. The minimum absolute atomic E-state index is 0.0888. The van der Waals surface area contributed by atoms with Crippen LogP contribution >= 0.6 is 23.2 Å². The fraction of sp³-hybridized carbons (Fsp3) is 0.600. The number of nitrogens with zero attached hydrogens (tertiary/aromatic N) is 3. The average molecular weight is 343 g/mol. The van der Waals surface area contributed by atoms with Gasteiger partial charge in [-0.15, -0.1) is 0 Å². The van der Waals surface area contributed by atoms with Crippen molar-refractivity contribution in [1.82, 2.24) is 14.8 Å². The van der Waals surface area contributed by atoms with E-state index in [1.54, 1.807) is 12.1 Å². The van der Waals surface area contributed by atoms with Crippen molar-refractivity contribution in [3.63, 3.8) is 0 Å². The largest absolute Gasteiger partial charge is 0.324 e. The Labute approximate surface area is 140 Å². The summed E-state index contributed by atoms with van der Waals surface area (Å²) >= 11 is 11.7. The summed E-state index contributed by atoms with van der Waals surface area (Å²) in [4.78, 5) is 20.6. The SMILES string of the molecule is CN1CCC2(CC1)CCN(C(=O)Nc1cc(Cl)nc(Cl)c1)C2. The molecule has 2 aliphatic heterocycles. The number of amides is 2. The minimum Gasteiger partial charge on any atom is -0.324 e. The summed E-state index contributed by atoms with van der Waals surface area (Å²) in [6, 6.07) is 3.12. The van der Waals surface area contributed by atoms with E-state index in [1.807, 2.05) is 4.90 Å². The summed E-state index contributed by atoms with van der Waals surface area (Å²) in [5, 5.41) is 3.41. The Morgan fingerprint density at radius 2 is 1.77 bits per heavy atom. The van der Waals surface area contributed by atoms with E-state index in [2.05, 4.69) is 22.2 Å². The second kappa shape index (κ2) is 6.22. The molecule has 22 heavy (non-hydrogen) atoms. The molecule has 1 aromatic rings. The predicted octanol–water partition coefficient (Wildman–Crippen LogP) is 3.34. The molecule has 0 unspecified atom stereocenters. The standard InChI is InChI=1S/C15H20Cl2N4O/c1-20-5-2-15(3-6-20)4-7-21(10-15)14(22)18-11-8-12(16)19-13(17)9-11/h8-9H,2-7,10H2,1H3,(H,18,19,22). The number of nitrogens with one attached hydrogen (secondary N) is 1. The molecule has 0 bridgehead atoms. The Balaban J connectivity index is 1.62. The van der Waals surface area contributed by atoms with Crippen LogP contribution in [0.1, 0.15) is 19.3 Å². The number of urea groups is 1. The van der Waals surface area contributed by atoms with Crippen LogP contribution in [0, 0.1) is 5.41 Å². The molecule has 3 rings (SSSR count). The van der Waals surface area contributed by atoms with Crippen LogP contribution in [0.15, 0.2) is 12.1 Å². The lowest BCUT2D eigenvalue weighted by Crippen LogP contribution is -2.41. The number of carbonyl (C=O) groups excluding carboxylic acids is 1. The molecule has 1 aromatic heterocycles. The van der Waals surface area contributed by atoms with E-state index in [1.165, 1.54) is 12.8 Å². The Morgan fingerprint density at radius 1 is 1.18 bits per heavy atom. The molecule has 120 valence electrons. The van der Waals surface area contributed by atoms with E-state index in [0.717, 1.165) is 32.6 Å². The smallest absolute Gasteiger partial charge is 0.321 e. The first-order chi connectivity index (χ1) is 10.5. The summed E-state index contributed by atoms with van der Waals surface area (Å²) in [6.45, 7) is 3.87. The van der Waals surface area contributed by atoms with Gasteiger partial charge in [-0.25, -0.2) is 9.78 Å². The molecule has 2 fully saturated rings. The Kier molecular flexibility index (Phi) is 4.48. The van der Waals surface area contributed by atoms with Gasteiger partial charge in [0, 0.05) is 18.8 Å². The second-order valence-corrected chi connectivity index (χ2v) is 7.18. The van der Waals surface area contributed by atoms with Crippen molar-refractivity contribution in [2.75, 3.05) is 38.5 Å². The van der Waals surface area contributed by atoms with E-state index in [-0.39, 0.29) is 16.3 Å².